The number of rotatable bonds is 3. The Morgan fingerprint density at radius 2 is 2.21 bits per heavy atom. The largest absolute Gasteiger partial charge is 0.450 e. The molecule has 2 amide bonds. The zero-order valence-electron chi connectivity index (χ0n) is 11.3. The minimum atomic E-state index is -0.441. The highest BCUT2D eigenvalue weighted by molar-refractivity contribution is 5.78. The van der Waals surface area contributed by atoms with Crippen LogP contribution in [0.5, 0.6) is 0 Å². The summed E-state index contributed by atoms with van der Waals surface area (Å²) in [6.45, 7) is 7.30. The molecule has 0 unspecified atom stereocenters. The van der Waals surface area contributed by atoms with Crippen LogP contribution in [0.3, 0.4) is 0 Å². The first-order valence-corrected chi connectivity index (χ1v) is 6.62. The topological polar surface area (TPSA) is 59.1 Å². The summed E-state index contributed by atoms with van der Waals surface area (Å²) >= 11 is 0. The third-order valence-corrected chi connectivity index (χ3v) is 3.55. The lowest BCUT2D eigenvalue weighted by Gasteiger charge is -2.37. The number of hydroxylamine groups is 2. The zero-order chi connectivity index (χ0) is 13.9. The highest BCUT2D eigenvalue weighted by Gasteiger charge is 2.47. The molecule has 0 aromatic rings. The van der Waals surface area contributed by atoms with E-state index in [-0.39, 0.29) is 12.0 Å². The summed E-state index contributed by atoms with van der Waals surface area (Å²) in [4.78, 5) is 30.8. The average molecular weight is 268 g/mol. The second-order valence-electron chi connectivity index (χ2n) is 4.88. The third kappa shape index (κ3) is 2.89. The molecule has 2 aliphatic rings. The van der Waals surface area contributed by atoms with E-state index in [2.05, 4.69) is 6.58 Å². The molecule has 0 saturated carbocycles. The summed E-state index contributed by atoms with van der Waals surface area (Å²) < 4.78 is 4.97. The molecule has 2 heterocycles. The molecular weight excluding hydrogens is 248 g/mol. The summed E-state index contributed by atoms with van der Waals surface area (Å²) in [5.41, 5.74) is -0.441. The van der Waals surface area contributed by atoms with Gasteiger partial charge in [0.25, 0.3) is 0 Å². The zero-order valence-corrected chi connectivity index (χ0v) is 11.3. The molecule has 19 heavy (non-hydrogen) atoms. The fraction of sp³-hybridized carbons (Fsp3) is 0.692. The Kier molecular flexibility index (Phi) is 4.09. The van der Waals surface area contributed by atoms with Crippen LogP contribution >= 0.6 is 0 Å². The van der Waals surface area contributed by atoms with Gasteiger partial charge in [0.1, 0.15) is 5.60 Å². The monoisotopic (exact) mass is 268 g/mol. The summed E-state index contributed by atoms with van der Waals surface area (Å²) in [7, 11) is 0. The fourth-order valence-electron chi connectivity index (χ4n) is 2.52. The van der Waals surface area contributed by atoms with Crippen molar-refractivity contribution >= 4 is 12.0 Å². The number of amides is 2. The van der Waals surface area contributed by atoms with Crippen molar-refractivity contribution in [2.45, 2.75) is 31.8 Å². The molecule has 2 aliphatic heterocycles. The lowest BCUT2D eigenvalue weighted by atomic mass is 9.89. The predicted octanol–water partition coefficient (Wildman–Crippen LogP) is 1.33. The molecule has 0 atom stereocenters. The number of carbonyl (C=O) groups is 2. The number of nitrogens with zero attached hydrogens (tertiary/aromatic N) is 2. The van der Waals surface area contributed by atoms with Gasteiger partial charge in [-0.05, 0) is 19.8 Å². The van der Waals surface area contributed by atoms with Gasteiger partial charge in [0.05, 0.1) is 19.6 Å². The second-order valence-corrected chi connectivity index (χ2v) is 4.88. The molecule has 0 N–H and O–H groups in total. The van der Waals surface area contributed by atoms with Gasteiger partial charge in [-0.3, -0.25) is 9.63 Å². The number of hydrogen-bond donors (Lipinski definition) is 0. The second kappa shape index (κ2) is 5.61. The molecule has 1 spiro atoms. The molecule has 0 bridgehead atoms. The first-order chi connectivity index (χ1) is 9.10. The van der Waals surface area contributed by atoms with Crippen LogP contribution in [-0.2, 0) is 14.4 Å². The Bertz CT molecular complexity index is 375. The van der Waals surface area contributed by atoms with Crippen molar-refractivity contribution in [1.82, 2.24) is 9.96 Å². The molecule has 0 aromatic heterocycles. The Morgan fingerprint density at radius 1 is 1.53 bits per heavy atom. The number of carbonyl (C=O) groups excluding carboxylic acids is 2. The summed E-state index contributed by atoms with van der Waals surface area (Å²) in [6, 6.07) is 0. The molecule has 6 heteroatoms. The molecule has 0 aliphatic carbocycles. The molecule has 106 valence electrons. The van der Waals surface area contributed by atoms with E-state index >= 15 is 0 Å². The predicted molar refractivity (Wildman–Crippen MR) is 68.2 cm³/mol. The van der Waals surface area contributed by atoms with Crippen LogP contribution in [0.2, 0.25) is 0 Å². The van der Waals surface area contributed by atoms with E-state index in [4.69, 9.17) is 9.57 Å². The quantitative estimate of drug-likeness (QED) is 0.724. The van der Waals surface area contributed by atoms with Crippen LogP contribution in [0.25, 0.3) is 0 Å². The standard InChI is InChI=1S/C13H20N2O4/c1-3-7-15-11(16)10-13(19-15)5-8-14(9-6-13)12(17)18-4-2/h3H,1,4-10H2,2H3. The molecule has 2 fully saturated rings. The molecule has 2 saturated heterocycles. The Labute approximate surface area is 112 Å². The minimum Gasteiger partial charge on any atom is -0.450 e. The summed E-state index contributed by atoms with van der Waals surface area (Å²) in [5.74, 6) is -0.00974. The van der Waals surface area contributed by atoms with Crippen molar-refractivity contribution in [3.05, 3.63) is 12.7 Å². The number of ether oxygens (including phenoxy) is 1. The van der Waals surface area contributed by atoms with E-state index in [1.54, 1.807) is 17.9 Å². The van der Waals surface area contributed by atoms with E-state index in [1.165, 1.54) is 5.06 Å². The van der Waals surface area contributed by atoms with E-state index < -0.39 is 5.60 Å². The first-order valence-electron chi connectivity index (χ1n) is 6.62. The number of piperidine rings is 1. The maximum absolute atomic E-state index is 11.8. The van der Waals surface area contributed by atoms with Crippen molar-refractivity contribution in [2.24, 2.45) is 0 Å². The van der Waals surface area contributed by atoms with E-state index in [9.17, 15) is 9.59 Å². The average Bonchev–Trinajstić information content (AvgIpc) is 2.67. The van der Waals surface area contributed by atoms with Gasteiger partial charge in [0.15, 0.2) is 0 Å². The van der Waals surface area contributed by atoms with E-state index in [0.717, 1.165) is 0 Å². The van der Waals surface area contributed by atoms with Crippen LogP contribution in [0.15, 0.2) is 12.7 Å². The van der Waals surface area contributed by atoms with Crippen LogP contribution < -0.4 is 0 Å². The molecule has 0 aromatic carbocycles. The smallest absolute Gasteiger partial charge is 0.409 e. The van der Waals surface area contributed by atoms with Crippen LogP contribution in [0.4, 0.5) is 4.79 Å². The normalized spacial score (nSPS) is 21.8. The lowest BCUT2D eigenvalue weighted by molar-refractivity contribution is -0.204. The van der Waals surface area contributed by atoms with Gasteiger partial charge in [0.2, 0.25) is 5.91 Å². The Morgan fingerprint density at radius 3 is 2.79 bits per heavy atom. The molecule has 2 rings (SSSR count). The lowest BCUT2D eigenvalue weighted by Crippen LogP contribution is -2.47. The van der Waals surface area contributed by atoms with Gasteiger partial charge in [-0.25, -0.2) is 9.86 Å². The highest BCUT2D eigenvalue weighted by atomic mass is 16.7. The maximum atomic E-state index is 11.8. The molecule has 6 nitrogen and oxygen atoms in total. The third-order valence-electron chi connectivity index (χ3n) is 3.55. The van der Waals surface area contributed by atoms with Crippen molar-refractivity contribution in [1.29, 1.82) is 0 Å². The van der Waals surface area contributed by atoms with Crippen molar-refractivity contribution in [3.8, 4) is 0 Å². The molecule has 0 radical (unpaired) electrons. The van der Waals surface area contributed by atoms with Crippen LogP contribution in [0.1, 0.15) is 26.2 Å². The van der Waals surface area contributed by atoms with Crippen molar-refractivity contribution < 1.29 is 19.2 Å². The van der Waals surface area contributed by atoms with Crippen LogP contribution in [0, 0.1) is 0 Å². The maximum Gasteiger partial charge on any atom is 0.409 e. The number of likely N-dealkylation sites (tertiary alicyclic amines) is 1. The van der Waals surface area contributed by atoms with Gasteiger partial charge in [-0.15, -0.1) is 6.58 Å². The SMILES string of the molecule is C=CCN1OC2(CCN(C(=O)OCC)CC2)CC1=O. The number of hydrogen-bond acceptors (Lipinski definition) is 4. The van der Waals surface area contributed by atoms with Crippen molar-refractivity contribution in [2.75, 3.05) is 26.2 Å². The van der Waals surface area contributed by atoms with Crippen molar-refractivity contribution in [3.63, 3.8) is 0 Å². The minimum absolute atomic E-state index is 0.00974. The van der Waals surface area contributed by atoms with E-state index in [1.807, 2.05) is 0 Å². The van der Waals surface area contributed by atoms with E-state index in [0.29, 0.717) is 45.5 Å². The fourth-order valence-corrected chi connectivity index (χ4v) is 2.52. The van der Waals surface area contributed by atoms with Gasteiger partial charge in [0, 0.05) is 13.1 Å². The summed E-state index contributed by atoms with van der Waals surface area (Å²) in [5, 5.41) is 1.37. The van der Waals surface area contributed by atoms with Gasteiger partial charge >= 0.3 is 6.09 Å². The molecular formula is C13H20N2O4. The van der Waals surface area contributed by atoms with Gasteiger partial charge < -0.3 is 9.64 Å². The summed E-state index contributed by atoms with van der Waals surface area (Å²) in [6.07, 6.45) is 3.06. The Balaban J connectivity index is 1.91. The first kappa shape index (κ1) is 13.9. The highest BCUT2D eigenvalue weighted by Crippen LogP contribution is 2.36. The Hall–Kier alpha value is -1.56. The van der Waals surface area contributed by atoms with Crippen LogP contribution in [-0.4, -0.2) is 53.8 Å². The van der Waals surface area contributed by atoms with Gasteiger partial charge in [-0.2, -0.15) is 0 Å². The van der Waals surface area contributed by atoms with Gasteiger partial charge in [-0.1, -0.05) is 6.08 Å².